The number of carbonyl (C=O) groups excluding carboxylic acids is 1. The van der Waals surface area contributed by atoms with Crippen molar-refractivity contribution in [2.24, 2.45) is 11.8 Å². The molecule has 2 unspecified atom stereocenters. The number of nitrogen functional groups attached to an aromatic ring is 1. The van der Waals surface area contributed by atoms with Gasteiger partial charge in [0.05, 0.1) is 6.10 Å². The van der Waals surface area contributed by atoms with Crippen LogP contribution in [0.2, 0.25) is 0 Å². The lowest BCUT2D eigenvalue weighted by Gasteiger charge is -2.34. The Morgan fingerprint density at radius 1 is 1.48 bits per heavy atom. The van der Waals surface area contributed by atoms with E-state index in [2.05, 4.69) is 19.2 Å². The molecule has 118 valence electrons. The minimum atomic E-state index is -0.0645. The topological polar surface area (TPSA) is 64.3 Å². The van der Waals surface area contributed by atoms with Gasteiger partial charge in [0.25, 0.3) is 5.91 Å². The summed E-state index contributed by atoms with van der Waals surface area (Å²) in [4.78, 5) is 12.1. The summed E-state index contributed by atoms with van der Waals surface area (Å²) in [6.45, 7) is 5.84. The molecule has 1 aliphatic rings. The number of anilines is 1. The fourth-order valence-corrected chi connectivity index (χ4v) is 2.83. The van der Waals surface area contributed by atoms with Gasteiger partial charge in [-0.2, -0.15) is 0 Å². The number of amides is 1. The van der Waals surface area contributed by atoms with Crippen LogP contribution in [-0.4, -0.2) is 25.2 Å². The van der Waals surface area contributed by atoms with Crippen molar-refractivity contribution >= 4 is 24.0 Å². The lowest BCUT2D eigenvalue weighted by molar-refractivity contribution is -0.0510. The van der Waals surface area contributed by atoms with Crippen LogP contribution in [0, 0.1) is 11.8 Å². The van der Waals surface area contributed by atoms with E-state index < -0.39 is 0 Å². The van der Waals surface area contributed by atoms with Gasteiger partial charge in [-0.1, -0.05) is 19.9 Å². The van der Waals surface area contributed by atoms with Gasteiger partial charge in [-0.3, -0.25) is 4.79 Å². The molecule has 1 aromatic carbocycles. The van der Waals surface area contributed by atoms with Crippen LogP contribution < -0.4 is 11.1 Å². The molecule has 3 N–H and O–H groups in total. The lowest BCUT2D eigenvalue weighted by atomic mass is 9.87. The molecule has 0 saturated carbocycles. The Kier molecular flexibility index (Phi) is 6.99. The van der Waals surface area contributed by atoms with Gasteiger partial charge in [-0.05, 0) is 37.0 Å². The molecule has 0 bridgehead atoms. The Labute approximate surface area is 132 Å². The predicted octanol–water partition coefficient (Wildman–Crippen LogP) is 2.87. The van der Waals surface area contributed by atoms with Crippen LogP contribution in [0.25, 0.3) is 0 Å². The van der Waals surface area contributed by atoms with Gasteiger partial charge >= 0.3 is 0 Å². The zero-order chi connectivity index (χ0) is 14.5. The molecule has 0 radical (unpaired) electrons. The predicted molar refractivity (Wildman–Crippen MR) is 87.7 cm³/mol. The number of carbonyl (C=O) groups is 1. The van der Waals surface area contributed by atoms with Crippen molar-refractivity contribution < 1.29 is 9.53 Å². The monoisotopic (exact) mass is 312 g/mol. The SMILES string of the molecule is CC(C)C1OCCCC1CNC(=O)c1cccc(N)c1.Cl. The summed E-state index contributed by atoms with van der Waals surface area (Å²) in [7, 11) is 0. The van der Waals surface area contributed by atoms with Crippen LogP contribution >= 0.6 is 12.4 Å². The van der Waals surface area contributed by atoms with E-state index in [1.54, 1.807) is 24.3 Å². The van der Waals surface area contributed by atoms with Crippen LogP contribution in [0.3, 0.4) is 0 Å². The van der Waals surface area contributed by atoms with Gasteiger partial charge in [-0.25, -0.2) is 0 Å². The van der Waals surface area contributed by atoms with Crippen LogP contribution in [0.4, 0.5) is 5.69 Å². The van der Waals surface area contributed by atoms with Crippen molar-refractivity contribution in [3.63, 3.8) is 0 Å². The van der Waals surface area contributed by atoms with E-state index in [0.29, 0.717) is 29.6 Å². The van der Waals surface area contributed by atoms with E-state index in [9.17, 15) is 4.79 Å². The first-order valence-electron chi connectivity index (χ1n) is 7.33. The van der Waals surface area contributed by atoms with Gasteiger partial charge in [0.2, 0.25) is 0 Å². The number of hydrogen-bond acceptors (Lipinski definition) is 3. The molecule has 1 heterocycles. The fourth-order valence-electron chi connectivity index (χ4n) is 2.83. The first-order chi connectivity index (χ1) is 9.58. The molecule has 2 atom stereocenters. The summed E-state index contributed by atoms with van der Waals surface area (Å²) in [5.41, 5.74) is 6.92. The third-order valence-electron chi connectivity index (χ3n) is 3.82. The van der Waals surface area contributed by atoms with Gasteiger partial charge in [0.1, 0.15) is 0 Å². The molecule has 0 aliphatic carbocycles. The summed E-state index contributed by atoms with van der Waals surface area (Å²) < 4.78 is 5.84. The zero-order valence-corrected chi connectivity index (χ0v) is 13.5. The molecule has 1 amide bonds. The molecular weight excluding hydrogens is 288 g/mol. The molecule has 1 saturated heterocycles. The van der Waals surface area contributed by atoms with Crippen molar-refractivity contribution in [1.82, 2.24) is 5.32 Å². The standard InChI is InChI=1S/C16H24N2O2.ClH/c1-11(2)15-13(6-4-8-20-15)10-18-16(19)12-5-3-7-14(17)9-12;/h3,5,7,9,11,13,15H,4,6,8,10,17H2,1-2H3,(H,18,19);1H. The second-order valence-electron chi connectivity index (χ2n) is 5.82. The van der Waals surface area contributed by atoms with Crippen molar-refractivity contribution in [1.29, 1.82) is 0 Å². The van der Waals surface area contributed by atoms with Gasteiger partial charge in [0.15, 0.2) is 0 Å². The van der Waals surface area contributed by atoms with Crippen molar-refractivity contribution in [3.05, 3.63) is 29.8 Å². The molecular formula is C16H25ClN2O2. The minimum absolute atomic E-state index is 0. The van der Waals surface area contributed by atoms with Crippen molar-refractivity contribution in [3.8, 4) is 0 Å². The number of nitrogens with two attached hydrogens (primary N) is 1. The average molecular weight is 313 g/mol. The maximum atomic E-state index is 12.1. The lowest BCUT2D eigenvalue weighted by Crippen LogP contribution is -2.41. The Balaban J connectivity index is 0.00000220. The van der Waals surface area contributed by atoms with Crippen LogP contribution in [0.5, 0.6) is 0 Å². The van der Waals surface area contributed by atoms with E-state index in [4.69, 9.17) is 10.5 Å². The smallest absolute Gasteiger partial charge is 0.251 e. The Hall–Kier alpha value is -1.26. The summed E-state index contributed by atoms with van der Waals surface area (Å²) in [6.07, 6.45) is 2.42. The highest BCUT2D eigenvalue weighted by molar-refractivity contribution is 5.94. The van der Waals surface area contributed by atoms with E-state index in [1.165, 1.54) is 0 Å². The maximum absolute atomic E-state index is 12.1. The van der Waals surface area contributed by atoms with Crippen molar-refractivity contribution in [2.45, 2.75) is 32.8 Å². The number of rotatable bonds is 4. The first-order valence-corrected chi connectivity index (χ1v) is 7.33. The molecule has 1 fully saturated rings. The summed E-state index contributed by atoms with van der Waals surface area (Å²) >= 11 is 0. The second kappa shape index (κ2) is 8.25. The van der Waals surface area contributed by atoms with Crippen LogP contribution in [-0.2, 0) is 4.74 Å². The largest absolute Gasteiger partial charge is 0.399 e. The molecule has 21 heavy (non-hydrogen) atoms. The number of halogens is 1. The second-order valence-corrected chi connectivity index (χ2v) is 5.82. The third-order valence-corrected chi connectivity index (χ3v) is 3.82. The summed E-state index contributed by atoms with van der Waals surface area (Å²) in [5.74, 6) is 0.809. The highest BCUT2D eigenvalue weighted by Crippen LogP contribution is 2.25. The fraction of sp³-hybridized carbons (Fsp3) is 0.562. The normalized spacial score (nSPS) is 21.7. The number of ether oxygens (including phenoxy) is 1. The molecule has 0 aromatic heterocycles. The minimum Gasteiger partial charge on any atom is -0.399 e. The Bertz CT molecular complexity index is 465. The number of hydrogen-bond donors (Lipinski definition) is 2. The Morgan fingerprint density at radius 2 is 2.24 bits per heavy atom. The summed E-state index contributed by atoms with van der Waals surface area (Å²) in [6, 6.07) is 7.06. The molecule has 4 nitrogen and oxygen atoms in total. The van der Waals surface area contributed by atoms with Gasteiger partial charge < -0.3 is 15.8 Å². The highest BCUT2D eigenvalue weighted by atomic mass is 35.5. The maximum Gasteiger partial charge on any atom is 0.251 e. The van der Waals surface area contributed by atoms with E-state index >= 15 is 0 Å². The zero-order valence-electron chi connectivity index (χ0n) is 12.7. The van der Waals surface area contributed by atoms with Crippen molar-refractivity contribution in [2.75, 3.05) is 18.9 Å². The Morgan fingerprint density at radius 3 is 2.90 bits per heavy atom. The van der Waals surface area contributed by atoms with Gasteiger partial charge in [-0.15, -0.1) is 12.4 Å². The van der Waals surface area contributed by atoms with E-state index in [-0.39, 0.29) is 24.4 Å². The summed E-state index contributed by atoms with van der Waals surface area (Å²) in [5, 5.41) is 3.01. The highest BCUT2D eigenvalue weighted by Gasteiger charge is 2.28. The molecule has 1 aliphatic heterocycles. The van der Waals surface area contributed by atoms with Crippen LogP contribution in [0.15, 0.2) is 24.3 Å². The number of benzene rings is 1. The first kappa shape index (κ1) is 17.8. The van der Waals surface area contributed by atoms with Crippen LogP contribution in [0.1, 0.15) is 37.0 Å². The quantitative estimate of drug-likeness (QED) is 0.840. The molecule has 2 rings (SSSR count). The molecule has 0 spiro atoms. The van der Waals surface area contributed by atoms with E-state index in [0.717, 1.165) is 19.4 Å². The van der Waals surface area contributed by atoms with Gasteiger partial charge in [0, 0.05) is 30.3 Å². The van der Waals surface area contributed by atoms with E-state index in [1.807, 2.05) is 0 Å². The molecule has 5 heteroatoms. The molecule has 1 aromatic rings. The third kappa shape index (κ3) is 4.90. The number of nitrogens with one attached hydrogen (secondary N) is 1. The average Bonchev–Trinajstić information content (AvgIpc) is 2.45.